The van der Waals surface area contributed by atoms with E-state index in [9.17, 15) is 17.4 Å². The van der Waals surface area contributed by atoms with E-state index in [0.717, 1.165) is 13.2 Å². The van der Waals surface area contributed by atoms with Crippen molar-refractivity contribution in [3.8, 4) is 11.5 Å². The molecule has 3 aromatic rings. The van der Waals surface area contributed by atoms with Crippen LogP contribution >= 0.6 is 0 Å². The van der Waals surface area contributed by atoms with Crippen molar-refractivity contribution in [2.45, 2.75) is 18.0 Å². The van der Waals surface area contributed by atoms with Gasteiger partial charge in [-0.15, -0.1) is 0 Å². The number of aryl methyl sites for hydroxylation is 1. The second-order valence-electron chi connectivity index (χ2n) is 6.45. The predicted octanol–water partition coefficient (Wildman–Crippen LogP) is 1.46. The zero-order valence-electron chi connectivity index (χ0n) is 16.6. The summed E-state index contributed by atoms with van der Waals surface area (Å²) in [6.45, 7) is 1.81. The average molecular weight is 431 g/mol. The second-order valence-corrected chi connectivity index (χ2v) is 9.48. The van der Waals surface area contributed by atoms with Crippen LogP contribution in [-0.2, 0) is 27.4 Å². The molecule has 29 heavy (non-hydrogen) atoms. The smallest absolute Gasteiger partial charge is 0.317 e. The lowest BCUT2D eigenvalue weighted by Gasteiger charge is -2.08. The first-order valence-corrected chi connectivity index (χ1v) is 10.8. The van der Waals surface area contributed by atoms with Gasteiger partial charge in [0.15, 0.2) is 0 Å². The molecule has 0 amide bonds. The first-order chi connectivity index (χ1) is 13.5. The van der Waals surface area contributed by atoms with Crippen LogP contribution in [0.5, 0.6) is 0 Å². The van der Waals surface area contributed by atoms with E-state index in [1.807, 2.05) is 6.92 Å². The molecule has 11 heteroatoms. The monoisotopic (exact) mass is 431 g/mol. The van der Waals surface area contributed by atoms with Gasteiger partial charge in [0.25, 0.3) is 0 Å². The lowest BCUT2D eigenvalue weighted by Crippen LogP contribution is -2.47. The number of nitrogens with zero attached hydrogens (tertiary/aromatic N) is 4. The van der Waals surface area contributed by atoms with E-state index in [1.54, 1.807) is 36.2 Å². The second kappa shape index (κ2) is 7.29. The van der Waals surface area contributed by atoms with Gasteiger partial charge in [-0.2, -0.15) is 13.2 Å². The molecule has 1 unspecified atom stereocenters. The maximum atomic E-state index is 13.4. The van der Waals surface area contributed by atoms with Crippen molar-refractivity contribution in [1.82, 2.24) is 9.55 Å². The van der Waals surface area contributed by atoms with E-state index >= 15 is 0 Å². The molecule has 0 saturated carbocycles. The Morgan fingerprint density at radius 1 is 1.24 bits per heavy atom. The van der Waals surface area contributed by atoms with E-state index in [2.05, 4.69) is 4.98 Å². The van der Waals surface area contributed by atoms with Crippen molar-refractivity contribution in [2.24, 2.45) is 7.05 Å². The van der Waals surface area contributed by atoms with Gasteiger partial charge in [-0.25, -0.2) is 4.98 Å². The summed E-state index contributed by atoms with van der Waals surface area (Å²) in [7, 11) is 1.84. The van der Waals surface area contributed by atoms with Gasteiger partial charge in [0.05, 0.1) is 0 Å². The SMILES string of the molecule is CC[S+](C)(=O)c1ccc[n+](OC)c1-c1nc2cc(C(F)(F)F)[n+](OC)cc2n1C. The summed E-state index contributed by atoms with van der Waals surface area (Å²) in [5.74, 6) is 0.710. The summed E-state index contributed by atoms with van der Waals surface area (Å²) in [5.41, 5.74) is -0.0374. The summed E-state index contributed by atoms with van der Waals surface area (Å²) >= 11 is 0. The highest BCUT2D eigenvalue weighted by Crippen LogP contribution is 2.32. The van der Waals surface area contributed by atoms with Crippen molar-refractivity contribution in [2.75, 3.05) is 26.2 Å². The van der Waals surface area contributed by atoms with E-state index in [0.29, 0.717) is 32.4 Å². The number of rotatable bonds is 5. The van der Waals surface area contributed by atoms with Crippen molar-refractivity contribution in [3.63, 3.8) is 0 Å². The molecule has 0 N–H and O–H groups in total. The Morgan fingerprint density at radius 3 is 2.45 bits per heavy atom. The highest BCUT2D eigenvalue weighted by molar-refractivity contribution is 8.02. The van der Waals surface area contributed by atoms with Gasteiger partial charge in [-0.05, 0) is 6.92 Å². The van der Waals surface area contributed by atoms with E-state index in [-0.39, 0.29) is 5.52 Å². The third-order valence-corrected chi connectivity index (χ3v) is 7.11. The molecule has 0 aromatic carbocycles. The molecular formula is C18H22F3N4O3S+3. The molecular weight excluding hydrogens is 409 g/mol. The van der Waals surface area contributed by atoms with Crippen LogP contribution in [0.15, 0.2) is 35.5 Å². The van der Waals surface area contributed by atoms with Crippen LogP contribution in [0.4, 0.5) is 13.2 Å². The third kappa shape index (κ3) is 3.54. The summed E-state index contributed by atoms with van der Waals surface area (Å²) in [5, 5.41) is 0. The fraction of sp³-hybridized carbons (Fsp3) is 0.389. The van der Waals surface area contributed by atoms with Crippen molar-refractivity contribution < 1.29 is 36.5 Å². The first-order valence-electron chi connectivity index (χ1n) is 8.65. The first kappa shape index (κ1) is 21.0. The van der Waals surface area contributed by atoms with Crippen LogP contribution < -0.4 is 19.1 Å². The molecule has 0 fully saturated rings. The number of pyridine rings is 2. The van der Waals surface area contributed by atoms with Gasteiger partial charge < -0.3 is 4.57 Å². The maximum absolute atomic E-state index is 13.4. The van der Waals surface area contributed by atoms with Crippen molar-refractivity contribution in [1.29, 1.82) is 0 Å². The predicted molar refractivity (Wildman–Crippen MR) is 99.3 cm³/mol. The van der Waals surface area contributed by atoms with Gasteiger partial charge in [0.2, 0.25) is 23.1 Å². The Kier molecular flexibility index (Phi) is 5.28. The average Bonchev–Trinajstić information content (AvgIpc) is 3.01. The van der Waals surface area contributed by atoms with Crippen LogP contribution in [0.3, 0.4) is 0 Å². The van der Waals surface area contributed by atoms with Gasteiger partial charge in [-0.3, -0.25) is 9.68 Å². The van der Waals surface area contributed by atoms with Gasteiger partial charge >= 0.3 is 17.6 Å². The van der Waals surface area contributed by atoms with Crippen LogP contribution in [0.2, 0.25) is 0 Å². The number of hydrogen-bond donors (Lipinski definition) is 0. The van der Waals surface area contributed by atoms with E-state index < -0.39 is 21.8 Å². The zero-order chi connectivity index (χ0) is 21.6. The molecule has 0 spiro atoms. The van der Waals surface area contributed by atoms with Gasteiger partial charge in [0.1, 0.15) is 47.2 Å². The minimum absolute atomic E-state index is 0.125. The molecule has 0 aliphatic carbocycles. The summed E-state index contributed by atoms with van der Waals surface area (Å²) in [4.78, 5) is 15.2. The normalized spacial score (nSPS) is 14.1. The minimum Gasteiger partial charge on any atom is -0.317 e. The molecule has 0 aliphatic heterocycles. The summed E-state index contributed by atoms with van der Waals surface area (Å²) < 4.78 is 57.0. The van der Waals surface area contributed by atoms with Gasteiger partial charge in [0, 0.05) is 34.7 Å². The molecule has 0 bridgehead atoms. The number of alkyl halides is 3. The molecule has 3 heterocycles. The Morgan fingerprint density at radius 2 is 1.90 bits per heavy atom. The van der Waals surface area contributed by atoms with Crippen LogP contribution in [0, 0.1) is 0 Å². The third-order valence-electron chi connectivity index (χ3n) is 4.75. The maximum Gasteiger partial charge on any atom is 0.482 e. The number of hydrogen-bond acceptors (Lipinski definition) is 4. The number of fused-ring (bicyclic) bond motifs is 1. The zero-order valence-corrected chi connectivity index (χ0v) is 17.5. The largest absolute Gasteiger partial charge is 0.482 e. The molecule has 0 aliphatic rings. The highest BCUT2D eigenvalue weighted by atomic mass is 32.2. The number of imidazole rings is 1. The molecule has 1 atom stereocenters. The molecule has 0 radical (unpaired) electrons. The highest BCUT2D eigenvalue weighted by Gasteiger charge is 2.44. The lowest BCUT2D eigenvalue weighted by molar-refractivity contribution is -0.895. The molecule has 0 saturated heterocycles. The van der Waals surface area contributed by atoms with Gasteiger partial charge in [-0.1, -0.05) is 4.21 Å². The van der Waals surface area contributed by atoms with Crippen molar-refractivity contribution in [3.05, 3.63) is 36.3 Å². The van der Waals surface area contributed by atoms with Crippen molar-refractivity contribution >= 4 is 21.0 Å². The minimum atomic E-state index is -4.62. The molecule has 3 rings (SSSR count). The molecule has 156 valence electrons. The standard InChI is InChI=1S/C18H22F3N4O3S/c1-6-29(5,26)14-8-7-9-24(27-3)16(14)17-22-12-10-15(18(19,20)21)25(28-4)11-13(12)23(17)2/h7-11H,6H2,1-5H3/q+3. The number of aromatic nitrogens is 4. The fourth-order valence-corrected chi connectivity index (χ4v) is 4.34. The fourth-order valence-electron chi connectivity index (χ4n) is 3.07. The Labute approximate surface area is 166 Å². The molecule has 3 aromatic heterocycles. The Balaban J connectivity index is 2.38. The topological polar surface area (TPSA) is 61.1 Å². The van der Waals surface area contributed by atoms with Crippen LogP contribution in [0.1, 0.15) is 12.6 Å². The molecule has 7 nitrogen and oxygen atoms in total. The lowest BCUT2D eigenvalue weighted by atomic mass is 10.3. The quantitative estimate of drug-likeness (QED) is 0.453. The Bertz CT molecular complexity index is 1130. The Hall–Kier alpha value is -2.69. The van der Waals surface area contributed by atoms with Crippen LogP contribution in [-0.4, -0.2) is 35.8 Å². The van der Waals surface area contributed by atoms with Crippen LogP contribution in [0.25, 0.3) is 22.6 Å². The van der Waals surface area contributed by atoms with E-state index in [1.165, 1.54) is 18.0 Å². The number of halogens is 3. The summed E-state index contributed by atoms with van der Waals surface area (Å²) in [6.07, 6.45) is -0.140. The summed E-state index contributed by atoms with van der Waals surface area (Å²) in [6, 6.07) is 4.34. The van der Waals surface area contributed by atoms with E-state index in [4.69, 9.17) is 9.68 Å².